The fourth-order valence-electron chi connectivity index (χ4n) is 9.46. The van der Waals surface area contributed by atoms with E-state index in [1.165, 1.54) is 42.5 Å². The largest absolute Gasteiger partial charge is 0.310 e. The van der Waals surface area contributed by atoms with E-state index in [1.54, 1.807) is 6.07 Å². The highest BCUT2D eigenvalue weighted by molar-refractivity contribution is 7.99. The van der Waals surface area contributed by atoms with Crippen LogP contribution in [0.2, 0.25) is 0 Å². The van der Waals surface area contributed by atoms with E-state index in [2.05, 4.69) is 174 Å². The molecule has 0 amide bonds. The molecule has 12 rings (SSSR count). The van der Waals surface area contributed by atoms with E-state index in [-0.39, 0.29) is 5.82 Å². The van der Waals surface area contributed by atoms with Crippen molar-refractivity contribution in [3.63, 3.8) is 0 Å². The molecule has 0 atom stereocenters. The summed E-state index contributed by atoms with van der Waals surface area (Å²) in [5.74, 6) is -0.292. The second-order valence-electron chi connectivity index (χ2n) is 16.3. The Morgan fingerprint density at radius 2 is 0.906 bits per heavy atom. The summed E-state index contributed by atoms with van der Waals surface area (Å²) in [7, 11) is 0. The molecule has 11 aromatic carbocycles. The van der Waals surface area contributed by atoms with Crippen LogP contribution in [0.1, 0.15) is 0 Å². The monoisotopic (exact) mass is 838 g/mol. The van der Waals surface area contributed by atoms with E-state index in [1.807, 2.05) is 78.5 Å². The number of fused-ring (bicyclic) bond motifs is 5. The van der Waals surface area contributed by atoms with Gasteiger partial charge in [-0.3, -0.25) is 0 Å². The minimum Gasteiger partial charge on any atom is -0.310 e. The lowest BCUT2D eigenvalue weighted by Crippen LogP contribution is -2.13. The summed E-state index contributed by atoms with van der Waals surface area (Å²) in [5, 5.41) is 7.09. The van der Waals surface area contributed by atoms with Crippen LogP contribution in [0.4, 0.5) is 38.5 Å². The van der Waals surface area contributed by atoms with Crippen molar-refractivity contribution in [1.29, 1.82) is 0 Å². The van der Waals surface area contributed by atoms with E-state index in [4.69, 9.17) is 0 Å². The predicted octanol–water partition coefficient (Wildman–Crippen LogP) is 17.7. The zero-order chi connectivity index (χ0) is 42.6. The van der Waals surface area contributed by atoms with Crippen LogP contribution in [0.5, 0.6) is 0 Å². The van der Waals surface area contributed by atoms with E-state index < -0.39 is 0 Å². The van der Waals surface area contributed by atoms with Crippen LogP contribution in [-0.4, -0.2) is 0 Å². The lowest BCUT2D eigenvalue weighted by Gasteiger charge is -2.30. The smallest absolute Gasteiger partial charge is 0.148 e. The summed E-state index contributed by atoms with van der Waals surface area (Å²) in [6, 6.07) is 82.5. The van der Waals surface area contributed by atoms with Crippen LogP contribution in [0.3, 0.4) is 0 Å². The normalized spacial score (nSPS) is 11.8. The molecule has 2 nitrogen and oxygen atoms in total. The van der Waals surface area contributed by atoms with Gasteiger partial charge in [-0.2, -0.15) is 0 Å². The number of halogens is 1. The third-order valence-corrected chi connectivity index (χ3v) is 13.5. The van der Waals surface area contributed by atoms with Gasteiger partial charge in [-0.05, 0) is 140 Å². The van der Waals surface area contributed by atoms with E-state index in [0.29, 0.717) is 5.69 Å². The standard InChI is InChI=1S/C60H39FN2S/c61-56-37-45(40-16-5-1-6-17-40)36-54(42-19-7-2-8-20-42)60(56)63(47-24-11-4-12-25-47)49-31-29-44-35-55-51-33-32-50(39-58(51)64-57-27-15-26-52(59(55)57)53(44)38-49)62(46-22-9-3-10-23-46)48-30-28-41-18-13-14-21-43(41)34-48/h1-39H. The molecular weight excluding hydrogens is 800 g/mol. The first-order chi connectivity index (χ1) is 31.6. The van der Waals surface area contributed by atoms with Gasteiger partial charge in [-0.15, -0.1) is 0 Å². The maximum atomic E-state index is 17.3. The molecule has 0 fully saturated rings. The first-order valence-corrected chi connectivity index (χ1v) is 22.4. The molecule has 11 aromatic rings. The van der Waals surface area contributed by atoms with Crippen LogP contribution in [0, 0.1) is 5.82 Å². The van der Waals surface area contributed by atoms with Gasteiger partial charge < -0.3 is 9.80 Å². The number of para-hydroxylation sites is 2. The first kappa shape index (κ1) is 37.8. The average Bonchev–Trinajstić information content (AvgIpc) is 3.36. The second kappa shape index (κ2) is 15.8. The van der Waals surface area contributed by atoms with Crippen molar-refractivity contribution < 1.29 is 4.39 Å². The molecule has 302 valence electrons. The Bertz CT molecular complexity index is 3540. The third kappa shape index (κ3) is 6.59. The maximum Gasteiger partial charge on any atom is 0.148 e. The first-order valence-electron chi connectivity index (χ1n) is 21.6. The van der Waals surface area contributed by atoms with Crippen LogP contribution >= 0.6 is 11.8 Å². The van der Waals surface area contributed by atoms with Crippen molar-refractivity contribution in [2.45, 2.75) is 9.79 Å². The Labute approximate surface area is 376 Å². The molecule has 0 aliphatic carbocycles. The molecule has 0 N–H and O–H groups in total. The molecule has 0 unspecified atom stereocenters. The maximum absolute atomic E-state index is 17.3. The van der Waals surface area contributed by atoms with Gasteiger partial charge in [0.2, 0.25) is 0 Å². The van der Waals surface area contributed by atoms with Gasteiger partial charge >= 0.3 is 0 Å². The van der Waals surface area contributed by atoms with Crippen molar-refractivity contribution in [3.8, 4) is 33.4 Å². The van der Waals surface area contributed by atoms with Crippen molar-refractivity contribution in [2.75, 3.05) is 9.80 Å². The van der Waals surface area contributed by atoms with Crippen LogP contribution in [0.15, 0.2) is 246 Å². The van der Waals surface area contributed by atoms with Gasteiger partial charge in [-0.1, -0.05) is 163 Å². The minimum atomic E-state index is -0.292. The van der Waals surface area contributed by atoms with E-state index >= 15 is 4.39 Å². The SMILES string of the molecule is Fc1cc(-c2ccccc2)cc(-c2ccccc2)c1N(c1ccccc1)c1ccc2cc3c4c(cccc4c2c1)Sc1cc(N(c2ccccc2)c2ccc4ccccc4c2)ccc1-3. The summed E-state index contributed by atoms with van der Waals surface area (Å²) in [6.07, 6.45) is 0. The Morgan fingerprint density at radius 3 is 1.64 bits per heavy atom. The van der Waals surface area contributed by atoms with E-state index in [9.17, 15) is 0 Å². The van der Waals surface area contributed by atoms with Gasteiger partial charge in [0.05, 0.1) is 5.69 Å². The number of hydrogen-bond acceptors (Lipinski definition) is 3. The van der Waals surface area contributed by atoms with Crippen LogP contribution in [-0.2, 0) is 0 Å². The second-order valence-corrected chi connectivity index (χ2v) is 17.3. The Kier molecular flexibility index (Phi) is 9.31. The predicted molar refractivity (Wildman–Crippen MR) is 269 cm³/mol. The fraction of sp³-hybridized carbons (Fsp3) is 0. The molecule has 64 heavy (non-hydrogen) atoms. The summed E-state index contributed by atoms with van der Waals surface area (Å²) in [5.41, 5.74) is 11.6. The number of rotatable bonds is 8. The van der Waals surface area contributed by atoms with Gasteiger partial charge in [-0.25, -0.2) is 4.39 Å². The quantitative estimate of drug-likeness (QED) is 0.141. The molecular formula is C60H39FN2S. The highest BCUT2D eigenvalue weighted by Gasteiger charge is 2.26. The van der Waals surface area contributed by atoms with Crippen molar-refractivity contribution >= 4 is 78.2 Å². The van der Waals surface area contributed by atoms with Gasteiger partial charge in [0.15, 0.2) is 0 Å². The Balaban J connectivity index is 1.01. The van der Waals surface area contributed by atoms with Crippen LogP contribution < -0.4 is 9.80 Å². The molecule has 1 heterocycles. The summed E-state index contributed by atoms with van der Waals surface area (Å²) < 4.78 is 17.3. The average molecular weight is 839 g/mol. The number of benzene rings is 11. The number of anilines is 6. The zero-order valence-corrected chi connectivity index (χ0v) is 35.5. The lowest BCUT2D eigenvalue weighted by atomic mass is 9.92. The molecule has 4 heteroatoms. The number of hydrogen-bond donors (Lipinski definition) is 0. The molecule has 0 radical (unpaired) electrons. The van der Waals surface area contributed by atoms with Gasteiger partial charge in [0.25, 0.3) is 0 Å². The van der Waals surface area contributed by atoms with E-state index in [0.717, 1.165) is 61.5 Å². The minimum absolute atomic E-state index is 0.292. The Morgan fingerprint density at radius 1 is 0.312 bits per heavy atom. The molecule has 0 saturated carbocycles. The van der Waals surface area contributed by atoms with Crippen molar-refractivity contribution in [3.05, 3.63) is 242 Å². The molecule has 0 spiro atoms. The van der Waals surface area contributed by atoms with Gasteiger partial charge in [0, 0.05) is 49.2 Å². The molecule has 0 saturated heterocycles. The topological polar surface area (TPSA) is 6.48 Å². The van der Waals surface area contributed by atoms with Gasteiger partial charge in [0.1, 0.15) is 5.82 Å². The highest BCUT2D eigenvalue weighted by Crippen LogP contribution is 2.53. The van der Waals surface area contributed by atoms with Crippen LogP contribution in [0.25, 0.3) is 65.7 Å². The lowest BCUT2D eigenvalue weighted by molar-refractivity contribution is 0.630. The summed E-state index contributed by atoms with van der Waals surface area (Å²) in [4.78, 5) is 6.87. The third-order valence-electron chi connectivity index (χ3n) is 12.4. The Hall–Kier alpha value is -7.92. The zero-order valence-electron chi connectivity index (χ0n) is 34.7. The van der Waals surface area contributed by atoms with Crippen molar-refractivity contribution in [2.24, 2.45) is 0 Å². The molecule has 0 bridgehead atoms. The molecule has 1 aliphatic rings. The summed E-state index contributed by atoms with van der Waals surface area (Å²) in [6.45, 7) is 0. The summed E-state index contributed by atoms with van der Waals surface area (Å²) >= 11 is 1.83. The molecule has 1 aliphatic heterocycles. The van der Waals surface area contributed by atoms with Crippen molar-refractivity contribution in [1.82, 2.24) is 0 Å². The fourth-order valence-corrected chi connectivity index (χ4v) is 10.6. The number of nitrogens with zero attached hydrogens (tertiary/aromatic N) is 2. The molecule has 0 aromatic heterocycles. The highest BCUT2D eigenvalue weighted by atomic mass is 32.2.